The molecule has 6 nitrogen and oxygen atoms in total. The predicted molar refractivity (Wildman–Crippen MR) is 131 cm³/mol. The van der Waals surface area contributed by atoms with Crippen LogP contribution < -0.4 is 4.90 Å². The van der Waals surface area contributed by atoms with Gasteiger partial charge in [-0.05, 0) is 63.8 Å². The third kappa shape index (κ3) is 5.75. The van der Waals surface area contributed by atoms with Crippen molar-refractivity contribution in [3.8, 4) is 0 Å². The van der Waals surface area contributed by atoms with Crippen LogP contribution in [0.1, 0.15) is 22.3 Å². The van der Waals surface area contributed by atoms with Crippen molar-refractivity contribution in [1.29, 1.82) is 0 Å². The molecule has 0 bridgehead atoms. The maximum absolute atomic E-state index is 13.5. The number of anilines is 1. The van der Waals surface area contributed by atoms with Crippen molar-refractivity contribution in [2.75, 3.05) is 38.3 Å². The van der Waals surface area contributed by atoms with Gasteiger partial charge in [0.25, 0.3) is 5.91 Å². The Balaban J connectivity index is 0.00000341. The highest BCUT2D eigenvalue weighted by Crippen LogP contribution is 2.34. The lowest BCUT2D eigenvalue weighted by Crippen LogP contribution is -2.34. The Hall–Kier alpha value is -1.71. The van der Waals surface area contributed by atoms with Gasteiger partial charge >= 0.3 is 0 Å². The van der Waals surface area contributed by atoms with Gasteiger partial charge < -0.3 is 4.90 Å². The average molecular weight is 502 g/mol. The van der Waals surface area contributed by atoms with Crippen LogP contribution in [0.2, 0.25) is 5.02 Å². The number of sulfone groups is 1. The highest BCUT2D eigenvalue weighted by molar-refractivity contribution is 7.90. The molecule has 0 fully saturated rings. The number of aryl methyl sites for hydroxylation is 1. The zero-order valence-electron chi connectivity index (χ0n) is 17.8. The molecular weight excluding hydrogens is 477 g/mol. The van der Waals surface area contributed by atoms with Crippen molar-refractivity contribution < 1.29 is 13.2 Å². The van der Waals surface area contributed by atoms with E-state index in [4.69, 9.17) is 11.6 Å². The molecule has 3 aromatic rings. The summed E-state index contributed by atoms with van der Waals surface area (Å²) in [6.45, 7) is 3.10. The summed E-state index contributed by atoms with van der Waals surface area (Å²) in [6.07, 6.45) is 1.83. The number of aromatic nitrogens is 1. The molecule has 0 N–H and O–H groups in total. The Kier molecular flexibility index (Phi) is 8.47. The van der Waals surface area contributed by atoms with E-state index < -0.39 is 9.84 Å². The van der Waals surface area contributed by atoms with Gasteiger partial charge in [0.15, 0.2) is 15.0 Å². The third-order valence-corrected chi connectivity index (χ3v) is 7.32. The Morgan fingerprint density at radius 3 is 2.45 bits per heavy atom. The number of thiazole rings is 1. The zero-order chi connectivity index (χ0) is 22.1. The molecule has 2 aromatic carbocycles. The molecule has 10 heteroatoms. The van der Waals surface area contributed by atoms with Crippen molar-refractivity contribution >= 4 is 66.4 Å². The molecule has 1 amide bonds. The Labute approximate surface area is 198 Å². The molecular formula is C21H25Cl2N3O3S2. The minimum Gasteiger partial charge on any atom is -0.309 e. The molecule has 0 aliphatic carbocycles. The topological polar surface area (TPSA) is 70.6 Å². The largest absolute Gasteiger partial charge is 0.309 e. The fourth-order valence-electron chi connectivity index (χ4n) is 3.15. The number of carbonyl (C=O) groups excluding carboxylic acids is 1. The fourth-order valence-corrected chi connectivity index (χ4v) is 5.23. The van der Waals surface area contributed by atoms with Crippen molar-refractivity contribution in [2.24, 2.45) is 0 Å². The van der Waals surface area contributed by atoms with Gasteiger partial charge in [-0.15, -0.1) is 12.4 Å². The molecule has 3 rings (SSSR count). The smallest absolute Gasteiger partial charge is 0.261 e. The second-order valence-electron chi connectivity index (χ2n) is 7.40. The van der Waals surface area contributed by atoms with Gasteiger partial charge in [-0.25, -0.2) is 13.4 Å². The number of amides is 1. The molecule has 31 heavy (non-hydrogen) atoms. The Morgan fingerprint density at radius 2 is 1.81 bits per heavy atom. The monoisotopic (exact) mass is 501 g/mol. The summed E-state index contributed by atoms with van der Waals surface area (Å²) in [5.41, 5.74) is 1.76. The number of hydrogen-bond donors (Lipinski definition) is 0. The van der Waals surface area contributed by atoms with Crippen LogP contribution in [0.4, 0.5) is 5.13 Å². The van der Waals surface area contributed by atoms with Crippen molar-refractivity contribution in [1.82, 2.24) is 9.88 Å². The lowest BCUT2D eigenvalue weighted by atomic mass is 10.2. The minimum absolute atomic E-state index is 0. The third-order valence-electron chi connectivity index (χ3n) is 4.72. The van der Waals surface area contributed by atoms with Gasteiger partial charge in [0.2, 0.25) is 0 Å². The first kappa shape index (κ1) is 25.5. The molecule has 0 spiro atoms. The van der Waals surface area contributed by atoms with Gasteiger partial charge in [-0.1, -0.05) is 35.1 Å². The van der Waals surface area contributed by atoms with Crippen LogP contribution in [-0.4, -0.2) is 57.6 Å². The van der Waals surface area contributed by atoms with Crippen LogP contribution in [0.3, 0.4) is 0 Å². The average Bonchev–Trinajstić information content (AvgIpc) is 3.11. The van der Waals surface area contributed by atoms with Gasteiger partial charge in [-0.3, -0.25) is 9.69 Å². The lowest BCUT2D eigenvalue weighted by molar-refractivity contribution is 0.0983. The number of halogens is 2. The van der Waals surface area contributed by atoms with E-state index in [9.17, 15) is 13.2 Å². The van der Waals surface area contributed by atoms with Crippen molar-refractivity contribution in [3.05, 3.63) is 52.5 Å². The Morgan fingerprint density at radius 1 is 1.13 bits per heavy atom. The summed E-state index contributed by atoms with van der Waals surface area (Å²) < 4.78 is 25.4. The zero-order valence-corrected chi connectivity index (χ0v) is 21.0. The fraction of sp³-hybridized carbons (Fsp3) is 0.333. The lowest BCUT2D eigenvalue weighted by Gasteiger charge is -2.22. The first-order valence-corrected chi connectivity index (χ1v) is 12.5. The van der Waals surface area contributed by atoms with E-state index in [0.717, 1.165) is 35.0 Å². The van der Waals surface area contributed by atoms with Crippen LogP contribution in [-0.2, 0) is 9.84 Å². The van der Waals surface area contributed by atoms with Crippen molar-refractivity contribution in [3.63, 3.8) is 0 Å². The number of benzene rings is 2. The maximum atomic E-state index is 13.5. The van der Waals surface area contributed by atoms with E-state index in [2.05, 4.69) is 4.98 Å². The molecule has 1 heterocycles. The highest BCUT2D eigenvalue weighted by atomic mass is 35.5. The van der Waals surface area contributed by atoms with E-state index in [1.807, 2.05) is 38.1 Å². The van der Waals surface area contributed by atoms with Crippen LogP contribution >= 0.6 is 35.3 Å². The standard InChI is InChI=1S/C21H24ClN3O3S2.ClH/c1-14-16(22)10-11-17-19(14)23-21(29-17)25(13-7-12-24(2)3)20(26)15-8-5-6-9-18(15)30(4,27)28;/h5-6,8-11H,7,12-13H2,1-4H3;1H. The van der Waals surface area contributed by atoms with E-state index in [-0.39, 0.29) is 28.8 Å². The summed E-state index contributed by atoms with van der Waals surface area (Å²) >= 11 is 7.63. The molecule has 1 aromatic heterocycles. The number of fused-ring (bicyclic) bond motifs is 1. The van der Waals surface area contributed by atoms with Gasteiger partial charge in [0.1, 0.15) is 0 Å². The second kappa shape index (κ2) is 10.3. The van der Waals surface area contributed by atoms with E-state index >= 15 is 0 Å². The first-order chi connectivity index (χ1) is 14.1. The van der Waals surface area contributed by atoms with Crippen LogP contribution in [0.5, 0.6) is 0 Å². The molecule has 0 unspecified atom stereocenters. The molecule has 0 aliphatic rings. The summed E-state index contributed by atoms with van der Waals surface area (Å²) in [6, 6.07) is 10.0. The van der Waals surface area contributed by atoms with Crippen LogP contribution in [0.25, 0.3) is 10.2 Å². The first-order valence-electron chi connectivity index (χ1n) is 9.41. The number of hydrogen-bond acceptors (Lipinski definition) is 6. The highest BCUT2D eigenvalue weighted by Gasteiger charge is 2.26. The number of nitrogens with zero attached hydrogens (tertiary/aromatic N) is 3. The van der Waals surface area contributed by atoms with Crippen LogP contribution in [0, 0.1) is 6.92 Å². The SMILES string of the molecule is Cc1c(Cl)ccc2sc(N(CCCN(C)C)C(=O)c3ccccc3S(C)(=O)=O)nc12.Cl. The number of carbonyl (C=O) groups is 1. The van der Waals surface area contributed by atoms with Crippen molar-refractivity contribution in [2.45, 2.75) is 18.2 Å². The molecule has 0 saturated carbocycles. The van der Waals surface area contributed by atoms with E-state index in [1.54, 1.807) is 23.1 Å². The minimum atomic E-state index is -3.56. The van der Waals surface area contributed by atoms with Crippen LogP contribution in [0.15, 0.2) is 41.3 Å². The molecule has 0 atom stereocenters. The summed E-state index contributed by atoms with van der Waals surface area (Å²) in [7, 11) is 0.378. The number of rotatable bonds is 7. The second-order valence-corrected chi connectivity index (χ2v) is 10.8. The Bertz CT molecular complexity index is 1190. The molecule has 0 saturated heterocycles. The summed E-state index contributed by atoms with van der Waals surface area (Å²) in [4.78, 5) is 21.8. The van der Waals surface area contributed by atoms with Gasteiger partial charge in [-0.2, -0.15) is 0 Å². The normalized spacial score (nSPS) is 11.5. The quantitative estimate of drug-likeness (QED) is 0.469. The van der Waals surface area contributed by atoms with Gasteiger partial charge in [0, 0.05) is 17.8 Å². The van der Waals surface area contributed by atoms with E-state index in [1.165, 1.54) is 17.4 Å². The molecule has 0 radical (unpaired) electrons. The molecule has 168 valence electrons. The molecule has 0 aliphatic heterocycles. The summed E-state index contributed by atoms with van der Waals surface area (Å²) in [5.74, 6) is -0.377. The predicted octanol–water partition coefficient (Wildman–Crippen LogP) is 4.68. The maximum Gasteiger partial charge on any atom is 0.261 e. The van der Waals surface area contributed by atoms with E-state index in [0.29, 0.717) is 16.7 Å². The van der Waals surface area contributed by atoms with Gasteiger partial charge in [0.05, 0.1) is 20.7 Å². The summed E-state index contributed by atoms with van der Waals surface area (Å²) in [5, 5.41) is 1.15.